The lowest BCUT2D eigenvalue weighted by atomic mass is 9.89. The molecule has 2 aromatic carbocycles. The predicted molar refractivity (Wildman–Crippen MR) is 143 cm³/mol. The number of rotatable bonds is 8. The molecule has 0 spiro atoms. The molecule has 0 aromatic heterocycles. The number of anilines is 1. The largest absolute Gasteiger partial charge is 0.493 e. The van der Waals surface area contributed by atoms with Gasteiger partial charge >= 0.3 is 6.03 Å². The minimum Gasteiger partial charge on any atom is -0.493 e. The van der Waals surface area contributed by atoms with Crippen molar-refractivity contribution in [1.82, 2.24) is 10.2 Å². The van der Waals surface area contributed by atoms with Crippen LogP contribution in [0, 0.1) is 5.92 Å². The van der Waals surface area contributed by atoms with Crippen molar-refractivity contribution >= 4 is 35.7 Å². The van der Waals surface area contributed by atoms with Gasteiger partial charge in [0.25, 0.3) is 0 Å². The molecule has 8 nitrogen and oxygen atoms in total. The van der Waals surface area contributed by atoms with Gasteiger partial charge in [0.2, 0.25) is 5.75 Å². The molecular formula is C26H35Cl2N3O5. The zero-order valence-electron chi connectivity index (χ0n) is 20.9. The molecule has 0 bridgehead atoms. The molecule has 0 radical (unpaired) electrons. The van der Waals surface area contributed by atoms with E-state index in [0.717, 1.165) is 37.4 Å². The van der Waals surface area contributed by atoms with Gasteiger partial charge in [-0.2, -0.15) is 0 Å². The number of halogens is 2. The minimum absolute atomic E-state index is 0. The molecule has 198 valence electrons. The van der Waals surface area contributed by atoms with Crippen LogP contribution in [0.1, 0.15) is 18.4 Å². The zero-order chi connectivity index (χ0) is 24.8. The number of urea groups is 1. The summed E-state index contributed by atoms with van der Waals surface area (Å²) in [5.41, 5.74) is 1.88. The third kappa shape index (κ3) is 6.88. The lowest BCUT2D eigenvalue weighted by Gasteiger charge is -2.37. The number of carbonyl (C=O) groups excluding carboxylic acids is 1. The lowest BCUT2D eigenvalue weighted by Crippen LogP contribution is -2.54. The van der Waals surface area contributed by atoms with Crippen LogP contribution in [0.5, 0.6) is 17.2 Å². The van der Waals surface area contributed by atoms with Gasteiger partial charge in [0.1, 0.15) is 0 Å². The van der Waals surface area contributed by atoms with E-state index in [1.807, 2.05) is 12.1 Å². The highest BCUT2D eigenvalue weighted by atomic mass is 35.5. The van der Waals surface area contributed by atoms with Crippen molar-refractivity contribution in [3.05, 3.63) is 47.0 Å². The van der Waals surface area contributed by atoms with Gasteiger partial charge in [0.15, 0.2) is 11.5 Å². The van der Waals surface area contributed by atoms with E-state index in [1.54, 1.807) is 33.5 Å². The van der Waals surface area contributed by atoms with Crippen molar-refractivity contribution in [3.8, 4) is 17.2 Å². The third-order valence-electron chi connectivity index (χ3n) is 6.85. The Hall–Kier alpha value is -2.39. The monoisotopic (exact) mass is 539 g/mol. The number of methoxy groups -OCH3 is 3. The first kappa shape index (κ1) is 28.2. The van der Waals surface area contributed by atoms with Gasteiger partial charge in [-0.25, -0.2) is 4.79 Å². The maximum absolute atomic E-state index is 12.8. The quantitative estimate of drug-likeness (QED) is 0.508. The molecule has 2 atom stereocenters. The van der Waals surface area contributed by atoms with Crippen molar-refractivity contribution in [2.75, 3.05) is 52.9 Å². The normalized spacial score (nSPS) is 20.3. The number of nitrogens with zero attached hydrogens (tertiary/aromatic N) is 1. The minimum atomic E-state index is -0.294. The summed E-state index contributed by atoms with van der Waals surface area (Å²) in [5.74, 6) is 2.09. The van der Waals surface area contributed by atoms with Crippen molar-refractivity contribution in [2.24, 2.45) is 5.92 Å². The smallest absolute Gasteiger partial charge is 0.319 e. The van der Waals surface area contributed by atoms with Crippen molar-refractivity contribution in [3.63, 3.8) is 0 Å². The third-order valence-corrected chi connectivity index (χ3v) is 7.10. The molecule has 2 saturated heterocycles. The van der Waals surface area contributed by atoms with Gasteiger partial charge in [-0.15, -0.1) is 12.4 Å². The van der Waals surface area contributed by atoms with Crippen LogP contribution in [0.4, 0.5) is 10.5 Å². The maximum Gasteiger partial charge on any atom is 0.319 e. The molecule has 2 aliphatic rings. The summed E-state index contributed by atoms with van der Waals surface area (Å²) in [5, 5.41) is 6.75. The summed E-state index contributed by atoms with van der Waals surface area (Å²) in [7, 11) is 4.63. The number of ether oxygens (including phenoxy) is 4. The highest BCUT2D eigenvalue weighted by molar-refractivity contribution is 6.30. The number of likely N-dealkylation sites (tertiary alicyclic amines) is 1. The number of hydrogen-bond donors (Lipinski definition) is 2. The fraction of sp³-hybridized carbons (Fsp3) is 0.500. The van der Waals surface area contributed by atoms with E-state index in [2.05, 4.69) is 27.7 Å². The van der Waals surface area contributed by atoms with E-state index in [0.29, 0.717) is 42.1 Å². The van der Waals surface area contributed by atoms with Crippen LogP contribution in [0.2, 0.25) is 5.02 Å². The Kier molecular flexibility index (Phi) is 10.4. The Labute approximate surface area is 224 Å². The molecule has 0 saturated carbocycles. The Balaban J connectivity index is 0.00000361. The Bertz CT molecular complexity index is 975. The number of carbonyl (C=O) groups is 1. The van der Waals surface area contributed by atoms with E-state index in [4.69, 9.17) is 30.5 Å². The number of amides is 2. The molecular weight excluding hydrogens is 505 g/mol. The molecule has 2 amide bonds. The number of hydrogen-bond acceptors (Lipinski definition) is 6. The molecule has 2 heterocycles. The average molecular weight is 540 g/mol. The zero-order valence-corrected chi connectivity index (χ0v) is 22.5. The summed E-state index contributed by atoms with van der Waals surface area (Å²) in [6.07, 6.45) is 3.33. The van der Waals surface area contributed by atoms with Crippen LogP contribution in [0.15, 0.2) is 36.4 Å². The number of piperidine rings is 1. The van der Waals surface area contributed by atoms with Crippen LogP contribution >= 0.6 is 24.0 Å². The average Bonchev–Trinajstić information content (AvgIpc) is 3.33. The van der Waals surface area contributed by atoms with Crippen LogP contribution in [0.25, 0.3) is 0 Å². The fourth-order valence-electron chi connectivity index (χ4n) is 4.97. The van der Waals surface area contributed by atoms with Crippen molar-refractivity contribution in [1.29, 1.82) is 0 Å². The molecule has 4 rings (SSSR count). The summed E-state index contributed by atoms with van der Waals surface area (Å²) in [6, 6.07) is 11.4. The Morgan fingerprint density at radius 1 is 1.03 bits per heavy atom. The molecule has 2 unspecified atom stereocenters. The van der Waals surface area contributed by atoms with Crippen molar-refractivity contribution < 1.29 is 23.7 Å². The summed E-state index contributed by atoms with van der Waals surface area (Å²) in [4.78, 5) is 15.3. The van der Waals surface area contributed by atoms with Crippen molar-refractivity contribution in [2.45, 2.75) is 31.3 Å². The van der Waals surface area contributed by atoms with Gasteiger partial charge in [0.05, 0.1) is 52.3 Å². The topological polar surface area (TPSA) is 81.3 Å². The SMILES string of the molecule is COc1cc(NC(=O)NC2COCC2N2CCC(Cc3ccc(Cl)cc3)CC2)cc(OC)c1OC.Cl. The highest BCUT2D eigenvalue weighted by Gasteiger charge is 2.36. The second kappa shape index (κ2) is 13.2. The first-order valence-corrected chi connectivity index (χ1v) is 12.3. The summed E-state index contributed by atoms with van der Waals surface area (Å²) in [6.45, 7) is 3.12. The van der Waals surface area contributed by atoms with Gasteiger partial charge in [-0.1, -0.05) is 23.7 Å². The van der Waals surface area contributed by atoms with Gasteiger partial charge < -0.3 is 29.6 Å². The molecule has 36 heavy (non-hydrogen) atoms. The fourth-order valence-corrected chi connectivity index (χ4v) is 5.10. The molecule has 2 N–H and O–H groups in total. The standard InChI is InChI=1S/C26H34ClN3O5.ClH/c1-32-23-13-20(14-24(33-2)25(23)34-3)28-26(31)29-21-15-35-16-22(21)30-10-8-18(9-11-30)12-17-4-6-19(27)7-5-17;/h4-7,13-14,18,21-22H,8-12,15-16H2,1-3H3,(H2,28,29,31);1H. The predicted octanol–water partition coefficient (Wildman–Crippen LogP) is 4.63. The summed E-state index contributed by atoms with van der Waals surface area (Å²) >= 11 is 6.01. The van der Waals surface area contributed by atoms with Gasteiger partial charge in [-0.3, -0.25) is 4.90 Å². The van der Waals surface area contributed by atoms with Crippen LogP contribution < -0.4 is 24.8 Å². The number of nitrogens with one attached hydrogen (secondary N) is 2. The Morgan fingerprint density at radius 2 is 1.67 bits per heavy atom. The van der Waals surface area contributed by atoms with E-state index < -0.39 is 0 Å². The van der Waals surface area contributed by atoms with E-state index in [1.165, 1.54) is 5.56 Å². The maximum atomic E-state index is 12.8. The van der Waals surface area contributed by atoms with E-state index in [9.17, 15) is 4.79 Å². The molecule has 0 aliphatic carbocycles. The van der Waals surface area contributed by atoms with Gasteiger partial charge in [-0.05, 0) is 56.0 Å². The Morgan fingerprint density at radius 3 is 2.25 bits per heavy atom. The van der Waals surface area contributed by atoms with E-state index in [-0.39, 0.29) is 30.5 Å². The van der Waals surface area contributed by atoms with Crippen LogP contribution in [-0.4, -0.2) is 70.6 Å². The number of benzene rings is 2. The summed E-state index contributed by atoms with van der Waals surface area (Å²) < 4.78 is 21.9. The van der Waals surface area contributed by atoms with Gasteiger partial charge in [0, 0.05) is 17.2 Å². The first-order chi connectivity index (χ1) is 17.0. The van der Waals surface area contributed by atoms with Crippen LogP contribution in [0.3, 0.4) is 0 Å². The second-order valence-electron chi connectivity index (χ2n) is 9.03. The lowest BCUT2D eigenvalue weighted by molar-refractivity contribution is 0.106. The molecule has 10 heteroatoms. The second-order valence-corrected chi connectivity index (χ2v) is 9.47. The molecule has 2 fully saturated rings. The van der Waals surface area contributed by atoms with E-state index >= 15 is 0 Å². The molecule has 2 aromatic rings. The highest BCUT2D eigenvalue weighted by Crippen LogP contribution is 2.40. The first-order valence-electron chi connectivity index (χ1n) is 11.9. The molecule has 2 aliphatic heterocycles. The van der Waals surface area contributed by atoms with Crippen LogP contribution in [-0.2, 0) is 11.2 Å².